The van der Waals surface area contributed by atoms with Crippen molar-refractivity contribution < 1.29 is 4.74 Å². The summed E-state index contributed by atoms with van der Waals surface area (Å²) < 4.78 is 5.48. The number of nitrogens with zero attached hydrogens (tertiary/aromatic N) is 3. The standard InChI is InChI=1S/C26H36N4O/c1-4-26(3,21-12-14-22(15-13-21)28-25-27-16-19-31-25)30(5-2)24-11-9-10-23(20-24)29-17-7-6-8-18-29/h9-15,20H,4-8,16-19H2,1-3H3,(H,27,28). The third kappa shape index (κ3) is 4.65. The molecule has 1 fully saturated rings. The van der Waals surface area contributed by atoms with Gasteiger partial charge in [0.2, 0.25) is 0 Å². The number of ether oxygens (including phenoxy) is 1. The van der Waals surface area contributed by atoms with Gasteiger partial charge in [-0.1, -0.05) is 25.1 Å². The summed E-state index contributed by atoms with van der Waals surface area (Å²) >= 11 is 0. The van der Waals surface area contributed by atoms with E-state index in [2.05, 4.69) is 89.4 Å². The van der Waals surface area contributed by atoms with Crippen LogP contribution in [0.15, 0.2) is 53.5 Å². The van der Waals surface area contributed by atoms with Gasteiger partial charge < -0.3 is 19.9 Å². The van der Waals surface area contributed by atoms with Gasteiger partial charge in [-0.15, -0.1) is 0 Å². The lowest BCUT2D eigenvalue weighted by Gasteiger charge is -2.43. The minimum Gasteiger partial charge on any atom is -0.463 e. The third-order valence-electron chi connectivity index (χ3n) is 6.81. The summed E-state index contributed by atoms with van der Waals surface area (Å²) in [5, 5.41) is 3.26. The molecule has 0 radical (unpaired) electrons. The Morgan fingerprint density at radius 3 is 2.48 bits per heavy atom. The maximum absolute atomic E-state index is 5.48. The lowest BCUT2D eigenvalue weighted by molar-refractivity contribution is 0.346. The van der Waals surface area contributed by atoms with Gasteiger partial charge >= 0.3 is 0 Å². The number of anilines is 3. The van der Waals surface area contributed by atoms with E-state index in [9.17, 15) is 0 Å². The Balaban J connectivity index is 1.58. The largest absolute Gasteiger partial charge is 0.463 e. The van der Waals surface area contributed by atoms with Crippen LogP contribution >= 0.6 is 0 Å². The molecule has 1 unspecified atom stereocenters. The molecule has 1 atom stereocenters. The summed E-state index contributed by atoms with van der Waals surface area (Å²) in [4.78, 5) is 9.41. The van der Waals surface area contributed by atoms with Crippen LogP contribution in [-0.4, -0.2) is 38.8 Å². The zero-order valence-electron chi connectivity index (χ0n) is 19.2. The summed E-state index contributed by atoms with van der Waals surface area (Å²) in [6.07, 6.45) is 4.98. The van der Waals surface area contributed by atoms with E-state index >= 15 is 0 Å². The number of aliphatic imine (C=N–C) groups is 1. The molecule has 166 valence electrons. The van der Waals surface area contributed by atoms with Gasteiger partial charge in [0.15, 0.2) is 0 Å². The fourth-order valence-electron chi connectivity index (χ4n) is 4.82. The Kier molecular flexibility index (Phi) is 6.69. The molecule has 5 nitrogen and oxygen atoms in total. The molecule has 2 aliphatic rings. The van der Waals surface area contributed by atoms with Crippen LogP contribution in [0.3, 0.4) is 0 Å². The molecule has 2 heterocycles. The van der Waals surface area contributed by atoms with Crippen molar-refractivity contribution in [3.8, 4) is 0 Å². The fourth-order valence-corrected chi connectivity index (χ4v) is 4.82. The van der Waals surface area contributed by atoms with E-state index in [4.69, 9.17) is 4.74 Å². The molecule has 4 rings (SSSR count). The van der Waals surface area contributed by atoms with Gasteiger partial charge in [0.1, 0.15) is 6.61 Å². The van der Waals surface area contributed by atoms with Crippen LogP contribution in [0.25, 0.3) is 0 Å². The van der Waals surface area contributed by atoms with Crippen molar-refractivity contribution in [3.05, 3.63) is 54.1 Å². The molecule has 5 heteroatoms. The lowest BCUT2D eigenvalue weighted by Crippen LogP contribution is -2.43. The minimum atomic E-state index is -0.0881. The van der Waals surface area contributed by atoms with Crippen LogP contribution < -0.4 is 15.1 Å². The van der Waals surface area contributed by atoms with E-state index in [1.165, 1.54) is 49.3 Å². The van der Waals surface area contributed by atoms with E-state index in [1.807, 2.05) is 0 Å². The predicted molar refractivity (Wildman–Crippen MR) is 131 cm³/mol. The second-order valence-electron chi connectivity index (χ2n) is 8.68. The molecule has 2 aliphatic heterocycles. The first-order valence-electron chi connectivity index (χ1n) is 11.8. The number of hydrogen-bond acceptors (Lipinski definition) is 5. The van der Waals surface area contributed by atoms with Crippen LogP contribution in [0, 0.1) is 0 Å². The van der Waals surface area contributed by atoms with Crippen molar-refractivity contribution in [2.75, 3.05) is 47.9 Å². The summed E-state index contributed by atoms with van der Waals surface area (Å²) in [6.45, 7) is 11.6. The van der Waals surface area contributed by atoms with Crippen LogP contribution in [0.1, 0.15) is 52.0 Å². The molecule has 0 spiro atoms. The molecule has 0 amide bonds. The number of amidine groups is 1. The Hall–Kier alpha value is -2.69. The van der Waals surface area contributed by atoms with Gasteiger partial charge in [0.05, 0.1) is 12.1 Å². The van der Waals surface area contributed by atoms with Crippen LogP contribution in [0.5, 0.6) is 0 Å². The first-order valence-corrected chi connectivity index (χ1v) is 11.8. The topological polar surface area (TPSA) is 40.1 Å². The number of benzene rings is 2. The molecule has 2 aromatic rings. The second-order valence-corrected chi connectivity index (χ2v) is 8.68. The van der Waals surface area contributed by atoms with Gasteiger partial charge in [-0.2, -0.15) is 0 Å². The number of piperidine rings is 1. The zero-order chi connectivity index (χ0) is 21.7. The maximum atomic E-state index is 5.48. The van der Waals surface area contributed by atoms with Crippen molar-refractivity contribution in [2.24, 2.45) is 4.99 Å². The smallest absolute Gasteiger partial charge is 0.289 e. The van der Waals surface area contributed by atoms with E-state index in [-0.39, 0.29) is 5.54 Å². The van der Waals surface area contributed by atoms with Gasteiger partial charge in [-0.3, -0.25) is 0 Å². The monoisotopic (exact) mass is 420 g/mol. The minimum absolute atomic E-state index is 0.0881. The summed E-state index contributed by atoms with van der Waals surface area (Å²) in [6, 6.07) is 18.5. The summed E-state index contributed by atoms with van der Waals surface area (Å²) in [5.74, 6) is 0. The van der Waals surface area contributed by atoms with Gasteiger partial charge in [0.25, 0.3) is 6.02 Å². The lowest BCUT2D eigenvalue weighted by atomic mass is 9.86. The SMILES string of the molecule is CCN(c1cccc(N2CCCCC2)c1)C(C)(CC)c1ccc(NC2=NCCO2)cc1. The highest BCUT2D eigenvalue weighted by molar-refractivity contribution is 5.89. The van der Waals surface area contributed by atoms with Crippen molar-refractivity contribution in [1.29, 1.82) is 0 Å². The fraction of sp³-hybridized carbons (Fsp3) is 0.500. The molecule has 2 aromatic carbocycles. The van der Waals surface area contributed by atoms with Crippen molar-refractivity contribution in [3.63, 3.8) is 0 Å². The average Bonchev–Trinajstić information content (AvgIpc) is 3.34. The molecular formula is C26H36N4O. The Labute approximate surface area is 187 Å². The van der Waals surface area contributed by atoms with E-state index in [1.54, 1.807) is 0 Å². The molecule has 1 saturated heterocycles. The predicted octanol–water partition coefficient (Wildman–Crippen LogP) is 5.63. The number of rotatable bonds is 7. The Morgan fingerprint density at radius 2 is 1.84 bits per heavy atom. The average molecular weight is 421 g/mol. The van der Waals surface area contributed by atoms with Crippen molar-refractivity contribution in [2.45, 2.75) is 52.0 Å². The first kappa shape index (κ1) is 21.5. The summed E-state index contributed by atoms with van der Waals surface area (Å²) in [5.41, 5.74) is 4.89. The molecular weight excluding hydrogens is 384 g/mol. The van der Waals surface area contributed by atoms with Crippen molar-refractivity contribution >= 4 is 23.1 Å². The molecule has 0 aliphatic carbocycles. The highest BCUT2D eigenvalue weighted by atomic mass is 16.5. The molecule has 0 aromatic heterocycles. The Morgan fingerprint density at radius 1 is 1.06 bits per heavy atom. The molecule has 31 heavy (non-hydrogen) atoms. The van der Waals surface area contributed by atoms with E-state index < -0.39 is 0 Å². The molecule has 1 N–H and O–H groups in total. The number of nitrogens with one attached hydrogen (secondary N) is 1. The zero-order valence-corrected chi connectivity index (χ0v) is 19.2. The molecule has 0 saturated carbocycles. The van der Waals surface area contributed by atoms with E-state index in [0.29, 0.717) is 12.6 Å². The molecule has 0 bridgehead atoms. The van der Waals surface area contributed by atoms with Crippen LogP contribution in [-0.2, 0) is 10.3 Å². The highest BCUT2D eigenvalue weighted by Gasteiger charge is 2.32. The number of hydrogen-bond donors (Lipinski definition) is 1. The Bertz CT molecular complexity index is 889. The summed E-state index contributed by atoms with van der Waals surface area (Å²) in [7, 11) is 0. The highest BCUT2D eigenvalue weighted by Crippen LogP contribution is 2.37. The quantitative estimate of drug-likeness (QED) is 0.630. The normalized spacial score (nSPS) is 18.2. The van der Waals surface area contributed by atoms with Crippen LogP contribution in [0.4, 0.5) is 17.1 Å². The van der Waals surface area contributed by atoms with Crippen molar-refractivity contribution in [1.82, 2.24) is 0 Å². The van der Waals surface area contributed by atoms with Gasteiger partial charge in [0, 0.05) is 36.7 Å². The van der Waals surface area contributed by atoms with Gasteiger partial charge in [-0.05, 0) is 75.4 Å². The van der Waals surface area contributed by atoms with E-state index in [0.717, 1.165) is 25.2 Å². The third-order valence-corrected chi connectivity index (χ3v) is 6.81. The van der Waals surface area contributed by atoms with Gasteiger partial charge in [-0.25, -0.2) is 4.99 Å². The maximum Gasteiger partial charge on any atom is 0.289 e. The first-order chi connectivity index (χ1) is 15.1. The van der Waals surface area contributed by atoms with Crippen LogP contribution in [0.2, 0.25) is 0 Å². The second kappa shape index (κ2) is 9.63.